The summed E-state index contributed by atoms with van der Waals surface area (Å²) in [7, 11) is 0. The minimum atomic E-state index is 0.748. The molecule has 0 bridgehead atoms. The lowest BCUT2D eigenvalue weighted by atomic mass is 9.83. The molecule has 1 atom stereocenters. The molecule has 0 fully saturated rings. The van der Waals surface area contributed by atoms with Gasteiger partial charge in [0, 0.05) is 12.2 Å². The highest BCUT2D eigenvalue weighted by Crippen LogP contribution is 2.35. The molecule has 1 aromatic carbocycles. The molecule has 1 N–H and O–H groups in total. The number of rotatable bonds is 1. The molecule has 1 aliphatic heterocycles. The summed E-state index contributed by atoms with van der Waals surface area (Å²) in [6.45, 7) is 5.75. The quantitative estimate of drug-likeness (QED) is 0.691. The minimum Gasteiger partial charge on any atom is -0.385 e. The van der Waals surface area contributed by atoms with Crippen molar-refractivity contribution in [2.75, 3.05) is 11.9 Å². The molecule has 1 heterocycles. The van der Waals surface area contributed by atoms with Crippen molar-refractivity contribution in [2.24, 2.45) is 5.92 Å². The van der Waals surface area contributed by atoms with E-state index < -0.39 is 0 Å². The normalized spacial score (nSPS) is 21.0. The second kappa shape index (κ2) is 3.41. The number of anilines is 1. The smallest absolute Gasteiger partial charge is 0.0375 e. The number of para-hydroxylation sites is 1. The Bertz CT molecular complexity index is 291. The summed E-state index contributed by atoms with van der Waals surface area (Å²) in [5.41, 5.74) is 2.84. The van der Waals surface area contributed by atoms with E-state index in [9.17, 15) is 0 Å². The van der Waals surface area contributed by atoms with Crippen molar-refractivity contribution in [1.29, 1.82) is 0 Å². The Morgan fingerprint density at radius 1 is 1.31 bits per heavy atom. The zero-order valence-electron chi connectivity index (χ0n) is 8.38. The fraction of sp³-hybridized carbons (Fsp3) is 0.500. The first-order valence-electron chi connectivity index (χ1n) is 5.12. The van der Waals surface area contributed by atoms with Gasteiger partial charge in [-0.25, -0.2) is 0 Å². The van der Waals surface area contributed by atoms with Crippen LogP contribution in [-0.2, 0) is 0 Å². The van der Waals surface area contributed by atoms with E-state index in [1.807, 2.05) is 0 Å². The van der Waals surface area contributed by atoms with Crippen LogP contribution in [0.25, 0.3) is 0 Å². The monoisotopic (exact) mass is 175 g/mol. The van der Waals surface area contributed by atoms with Crippen LogP contribution in [0.3, 0.4) is 0 Å². The molecule has 1 aromatic rings. The first-order valence-corrected chi connectivity index (χ1v) is 5.12. The van der Waals surface area contributed by atoms with Crippen LogP contribution < -0.4 is 5.32 Å². The summed E-state index contributed by atoms with van der Waals surface area (Å²) >= 11 is 0. The van der Waals surface area contributed by atoms with Gasteiger partial charge in [0.15, 0.2) is 0 Å². The second-order valence-corrected chi connectivity index (χ2v) is 4.15. The Morgan fingerprint density at radius 3 is 2.85 bits per heavy atom. The van der Waals surface area contributed by atoms with Crippen LogP contribution in [0.2, 0.25) is 0 Å². The predicted octanol–water partition coefficient (Wildman–Crippen LogP) is 3.24. The van der Waals surface area contributed by atoms with Gasteiger partial charge in [0.05, 0.1) is 0 Å². The summed E-state index contributed by atoms with van der Waals surface area (Å²) in [4.78, 5) is 0. The van der Waals surface area contributed by atoms with Gasteiger partial charge < -0.3 is 5.32 Å². The molecular weight excluding hydrogens is 158 g/mol. The van der Waals surface area contributed by atoms with Gasteiger partial charge in [0.1, 0.15) is 0 Å². The Balaban J connectivity index is 2.37. The Hall–Kier alpha value is -0.980. The van der Waals surface area contributed by atoms with Gasteiger partial charge in [-0.1, -0.05) is 32.0 Å². The van der Waals surface area contributed by atoms with E-state index in [0.717, 1.165) is 18.4 Å². The highest BCUT2D eigenvalue weighted by molar-refractivity contribution is 5.54. The zero-order chi connectivity index (χ0) is 9.26. The number of benzene rings is 1. The van der Waals surface area contributed by atoms with Crippen molar-refractivity contribution in [2.45, 2.75) is 26.2 Å². The molecule has 0 saturated carbocycles. The Kier molecular flexibility index (Phi) is 2.26. The molecule has 1 nitrogen and oxygen atoms in total. The van der Waals surface area contributed by atoms with Crippen molar-refractivity contribution >= 4 is 5.69 Å². The lowest BCUT2D eigenvalue weighted by Crippen LogP contribution is -2.19. The van der Waals surface area contributed by atoms with Crippen LogP contribution >= 0.6 is 0 Å². The summed E-state index contributed by atoms with van der Waals surface area (Å²) < 4.78 is 0. The van der Waals surface area contributed by atoms with Crippen molar-refractivity contribution in [3.63, 3.8) is 0 Å². The van der Waals surface area contributed by atoms with Gasteiger partial charge in [-0.05, 0) is 29.9 Å². The third kappa shape index (κ3) is 1.55. The van der Waals surface area contributed by atoms with E-state index >= 15 is 0 Å². The standard InChI is InChI=1S/C12H17N/c1-9(2)10-7-8-13-12-6-4-3-5-11(10)12/h3-6,9-10,13H,7-8H2,1-2H3/t10-/m0/s1. The highest BCUT2D eigenvalue weighted by atomic mass is 14.9. The van der Waals surface area contributed by atoms with E-state index in [1.165, 1.54) is 17.7 Å². The molecule has 0 spiro atoms. The summed E-state index contributed by atoms with van der Waals surface area (Å²) in [5, 5.41) is 3.45. The van der Waals surface area contributed by atoms with E-state index in [0.29, 0.717) is 0 Å². The van der Waals surface area contributed by atoms with Crippen molar-refractivity contribution < 1.29 is 0 Å². The van der Waals surface area contributed by atoms with E-state index in [4.69, 9.17) is 0 Å². The molecule has 0 radical (unpaired) electrons. The zero-order valence-corrected chi connectivity index (χ0v) is 8.38. The third-order valence-corrected chi connectivity index (χ3v) is 2.94. The topological polar surface area (TPSA) is 12.0 Å². The Morgan fingerprint density at radius 2 is 2.08 bits per heavy atom. The number of fused-ring (bicyclic) bond motifs is 1. The fourth-order valence-electron chi connectivity index (χ4n) is 2.19. The highest BCUT2D eigenvalue weighted by Gasteiger charge is 2.21. The molecule has 0 amide bonds. The second-order valence-electron chi connectivity index (χ2n) is 4.15. The lowest BCUT2D eigenvalue weighted by molar-refractivity contribution is 0.469. The van der Waals surface area contributed by atoms with Gasteiger partial charge in [-0.2, -0.15) is 0 Å². The van der Waals surface area contributed by atoms with Crippen molar-refractivity contribution in [3.05, 3.63) is 29.8 Å². The summed E-state index contributed by atoms with van der Waals surface area (Å²) in [5.74, 6) is 1.50. The molecule has 1 heteroatoms. The van der Waals surface area contributed by atoms with Crippen molar-refractivity contribution in [3.8, 4) is 0 Å². The van der Waals surface area contributed by atoms with E-state index in [-0.39, 0.29) is 0 Å². The molecule has 0 aliphatic carbocycles. The van der Waals surface area contributed by atoms with Crippen molar-refractivity contribution in [1.82, 2.24) is 0 Å². The first-order chi connectivity index (χ1) is 6.29. The molecule has 70 valence electrons. The van der Waals surface area contributed by atoms with Gasteiger partial charge in [-0.3, -0.25) is 0 Å². The number of hydrogen-bond acceptors (Lipinski definition) is 1. The van der Waals surface area contributed by atoms with E-state index in [2.05, 4.69) is 43.4 Å². The average molecular weight is 175 g/mol. The molecule has 0 aromatic heterocycles. The molecular formula is C12H17N. The lowest BCUT2D eigenvalue weighted by Gasteiger charge is -2.29. The van der Waals surface area contributed by atoms with Crippen LogP contribution in [0.15, 0.2) is 24.3 Å². The summed E-state index contributed by atoms with van der Waals surface area (Å²) in [6.07, 6.45) is 1.27. The maximum atomic E-state index is 3.45. The third-order valence-electron chi connectivity index (χ3n) is 2.94. The molecule has 0 unspecified atom stereocenters. The molecule has 2 rings (SSSR count). The predicted molar refractivity (Wildman–Crippen MR) is 57.1 cm³/mol. The van der Waals surface area contributed by atoms with Crippen LogP contribution in [0, 0.1) is 5.92 Å². The maximum absolute atomic E-state index is 3.45. The van der Waals surface area contributed by atoms with Gasteiger partial charge in [0.2, 0.25) is 0 Å². The van der Waals surface area contributed by atoms with Gasteiger partial charge >= 0.3 is 0 Å². The first kappa shape index (κ1) is 8.61. The largest absolute Gasteiger partial charge is 0.385 e. The maximum Gasteiger partial charge on any atom is 0.0375 e. The SMILES string of the molecule is CC(C)[C@@H]1CCNc2ccccc21. The van der Waals surface area contributed by atoms with Gasteiger partial charge in [-0.15, -0.1) is 0 Å². The van der Waals surface area contributed by atoms with Crippen LogP contribution in [0.4, 0.5) is 5.69 Å². The fourth-order valence-corrected chi connectivity index (χ4v) is 2.19. The number of nitrogens with one attached hydrogen (secondary N) is 1. The van der Waals surface area contributed by atoms with E-state index in [1.54, 1.807) is 0 Å². The van der Waals surface area contributed by atoms with Gasteiger partial charge in [0.25, 0.3) is 0 Å². The van der Waals surface area contributed by atoms with Crippen LogP contribution in [-0.4, -0.2) is 6.54 Å². The number of hydrogen-bond donors (Lipinski definition) is 1. The molecule has 13 heavy (non-hydrogen) atoms. The average Bonchev–Trinajstić information content (AvgIpc) is 2.17. The summed E-state index contributed by atoms with van der Waals surface area (Å²) in [6, 6.07) is 8.69. The van der Waals surface area contributed by atoms with Crippen LogP contribution in [0.5, 0.6) is 0 Å². The molecule has 0 saturated heterocycles. The minimum absolute atomic E-state index is 0.748. The van der Waals surface area contributed by atoms with Crippen LogP contribution in [0.1, 0.15) is 31.7 Å². The Labute approximate surface area is 80.2 Å². The molecule has 1 aliphatic rings.